The van der Waals surface area contributed by atoms with Gasteiger partial charge < -0.3 is 10.1 Å². The van der Waals surface area contributed by atoms with Crippen molar-refractivity contribution in [2.45, 2.75) is 46.3 Å². The van der Waals surface area contributed by atoms with Crippen LogP contribution in [0.2, 0.25) is 0 Å². The molecule has 0 saturated heterocycles. The largest absolute Gasteiger partial charge is 0.377 e. The molecule has 0 aliphatic carbocycles. The summed E-state index contributed by atoms with van der Waals surface area (Å²) in [4.78, 5) is 0. The van der Waals surface area contributed by atoms with Crippen molar-refractivity contribution >= 4 is 0 Å². The van der Waals surface area contributed by atoms with E-state index in [-0.39, 0.29) is 6.10 Å². The van der Waals surface area contributed by atoms with Crippen molar-refractivity contribution in [3.63, 3.8) is 0 Å². The molecule has 0 aromatic heterocycles. The van der Waals surface area contributed by atoms with Crippen LogP contribution < -0.4 is 5.32 Å². The molecule has 14 heavy (non-hydrogen) atoms. The maximum atomic E-state index is 5.76. The Balaban J connectivity index is 4.28. The van der Waals surface area contributed by atoms with Gasteiger partial charge in [-0.1, -0.05) is 26.8 Å². The van der Waals surface area contributed by atoms with Crippen LogP contribution in [-0.2, 0) is 4.74 Å². The lowest BCUT2D eigenvalue weighted by molar-refractivity contribution is 0.00460. The number of ether oxygens (including phenoxy) is 1. The van der Waals surface area contributed by atoms with Gasteiger partial charge >= 0.3 is 0 Å². The molecular formula is C12H25NO. The van der Waals surface area contributed by atoms with E-state index in [1.807, 2.05) is 13.0 Å². The number of nitrogens with one attached hydrogen (secondary N) is 1. The van der Waals surface area contributed by atoms with Crippen LogP contribution >= 0.6 is 0 Å². The van der Waals surface area contributed by atoms with E-state index in [0.717, 1.165) is 19.6 Å². The molecule has 0 saturated carbocycles. The topological polar surface area (TPSA) is 21.3 Å². The molecule has 0 spiro atoms. The lowest BCUT2D eigenvalue weighted by Gasteiger charge is -2.29. The normalized spacial score (nSPS) is 15.5. The average Bonchev–Trinajstić information content (AvgIpc) is 2.13. The van der Waals surface area contributed by atoms with Gasteiger partial charge in [-0.3, -0.25) is 0 Å². The Kier molecular flexibility index (Phi) is 7.81. The second-order valence-corrected chi connectivity index (χ2v) is 3.85. The Morgan fingerprint density at radius 1 is 1.36 bits per heavy atom. The summed E-state index contributed by atoms with van der Waals surface area (Å²) in [5, 5.41) is 3.45. The van der Waals surface area contributed by atoms with Crippen molar-refractivity contribution < 1.29 is 4.74 Å². The van der Waals surface area contributed by atoms with Crippen molar-refractivity contribution in [2.75, 3.05) is 13.2 Å². The molecule has 2 heteroatoms. The molecule has 2 nitrogen and oxygen atoms in total. The lowest BCUT2D eigenvalue weighted by atomic mass is 9.97. The minimum Gasteiger partial charge on any atom is -0.377 e. The van der Waals surface area contributed by atoms with Crippen molar-refractivity contribution in [3.8, 4) is 0 Å². The highest BCUT2D eigenvalue weighted by atomic mass is 16.5. The zero-order valence-electron chi connectivity index (χ0n) is 10.0. The van der Waals surface area contributed by atoms with Crippen LogP contribution in [0.5, 0.6) is 0 Å². The van der Waals surface area contributed by atoms with Gasteiger partial charge in [-0.25, -0.2) is 0 Å². The summed E-state index contributed by atoms with van der Waals surface area (Å²) in [6.45, 7) is 14.1. The number of hydrogen-bond acceptors (Lipinski definition) is 2. The minimum atomic E-state index is 0.290. The Labute approximate surface area is 88.7 Å². The first-order valence-corrected chi connectivity index (χ1v) is 5.63. The Morgan fingerprint density at radius 3 is 2.36 bits per heavy atom. The second-order valence-electron chi connectivity index (χ2n) is 3.85. The first-order chi connectivity index (χ1) is 6.67. The fourth-order valence-electron chi connectivity index (χ4n) is 1.74. The highest BCUT2D eigenvalue weighted by Crippen LogP contribution is 2.14. The van der Waals surface area contributed by atoms with Crippen LogP contribution in [0.25, 0.3) is 0 Å². The van der Waals surface area contributed by atoms with Crippen LogP contribution in [-0.4, -0.2) is 25.3 Å². The quantitative estimate of drug-likeness (QED) is 0.607. The standard InChI is InChI=1S/C12H25NO/c1-6-9-11(13-7-2)12(10(4)5)14-8-3/h6,10-13H,1,7-9H2,2-5H3. The van der Waals surface area contributed by atoms with E-state index < -0.39 is 0 Å². The van der Waals surface area contributed by atoms with Crippen LogP contribution in [0.15, 0.2) is 12.7 Å². The third-order valence-electron chi connectivity index (χ3n) is 2.30. The smallest absolute Gasteiger partial charge is 0.0753 e. The van der Waals surface area contributed by atoms with E-state index in [1.54, 1.807) is 0 Å². The molecule has 1 N–H and O–H groups in total. The van der Waals surface area contributed by atoms with E-state index in [9.17, 15) is 0 Å². The van der Waals surface area contributed by atoms with Crippen LogP contribution in [0.4, 0.5) is 0 Å². The SMILES string of the molecule is C=CCC(NCC)C(OCC)C(C)C. The molecule has 0 fully saturated rings. The zero-order chi connectivity index (χ0) is 11.0. The van der Waals surface area contributed by atoms with E-state index >= 15 is 0 Å². The summed E-state index contributed by atoms with van der Waals surface area (Å²) in [6, 6.07) is 0.400. The van der Waals surface area contributed by atoms with Gasteiger partial charge in [-0.05, 0) is 25.8 Å². The lowest BCUT2D eigenvalue weighted by Crippen LogP contribution is -2.43. The zero-order valence-corrected chi connectivity index (χ0v) is 10.0. The van der Waals surface area contributed by atoms with Gasteiger partial charge in [0.2, 0.25) is 0 Å². The Bertz CT molecular complexity index is 145. The molecule has 0 radical (unpaired) electrons. The van der Waals surface area contributed by atoms with E-state index in [0.29, 0.717) is 12.0 Å². The van der Waals surface area contributed by atoms with E-state index in [2.05, 4.69) is 32.7 Å². The average molecular weight is 199 g/mol. The first-order valence-electron chi connectivity index (χ1n) is 5.63. The van der Waals surface area contributed by atoms with E-state index in [1.165, 1.54) is 0 Å². The van der Waals surface area contributed by atoms with Crippen LogP contribution in [0.1, 0.15) is 34.1 Å². The summed E-state index contributed by atoms with van der Waals surface area (Å²) in [7, 11) is 0. The van der Waals surface area contributed by atoms with Crippen molar-refractivity contribution in [2.24, 2.45) is 5.92 Å². The second kappa shape index (κ2) is 8.01. The van der Waals surface area contributed by atoms with Crippen LogP contribution in [0, 0.1) is 5.92 Å². The molecule has 84 valence electrons. The first kappa shape index (κ1) is 13.7. The van der Waals surface area contributed by atoms with Gasteiger partial charge in [0.15, 0.2) is 0 Å². The predicted molar refractivity (Wildman–Crippen MR) is 62.5 cm³/mol. The fraction of sp³-hybridized carbons (Fsp3) is 0.833. The molecule has 2 atom stereocenters. The molecule has 0 aromatic rings. The van der Waals surface area contributed by atoms with Gasteiger partial charge in [-0.2, -0.15) is 0 Å². The fourth-order valence-corrected chi connectivity index (χ4v) is 1.74. The molecule has 2 unspecified atom stereocenters. The number of hydrogen-bond donors (Lipinski definition) is 1. The third-order valence-corrected chi connectivity index (χ3v) is 2.30. The molecule has 0 aliphatic rings. The summed E-state index contributed by atoms with van der Waals surface area (Å²) < 4.78 is 5.76. The highest BCUT2D eigenvalue weighted by molar-refractivity contribution is 4.85. The molecule has 0 aliphatic heterocycles. The minimum absolute atomic E-state index is 0.290. The Morgan fingerprint density at radius 2 is 2.00 bits per heavy atom. The molecule has 0 heterocycles. The summed E-state index contributed by atoms with van der Waals surface area (Å²) in [5.74, 6) is 0.541. The molecule has 0 rings (SSSR count). The monoisotopic (exact) mass is 199 g/mol. The summed E-state index contributed by atoms with van der Waals surface area (Å²) >= 11 is 0. The van der Waals surface area contributed by atoms with Crippen molar-refractivity contribution in [1.82, 2.24) is 5.32 Å². The highest BCUT2D eigenvalue weighted by Gasteiger charge is 2.22. The van der Waals surface area contributed by atoms with Gasteiger partial charge in [-0.15, -0.1) is 6.58 Å². The van der Waals surface area contributed by atoms with Gasteiger partial charge in [0.05, 0.1) is 6.10 Å². The predicted octanol–water partition coefficient (Wildman–Crippen LogP) is 2.60. The van der Waals surface area contributed by atoms with Crippen molar-refractivity contribution in [1.29, 1.82) is 0 Å². The maximum Gasteiger partial charge on any atom is 0.0753 e. The molecule has 0 bridgehead atoms. The summed E-state index contributed by atoms with van der Waals surface area (Å²) in [6.07, 6.45) is 3.22. The third kappa shape index (κ3) is 4.77. The number of rotatable bonds is 8. The Hall–Kier alpha value is -0.340. The number of likely N-dealkylation sites (N-methyl/N-ethyl adjacent to an activating group) is 1. The molecular weight excluding hydrogens is 174 g/mol. The van der Waals surface area contributed by atoms with E-state index in [4.69, 9.17) is 4.74 Å². The van der Waals surface area contributed by atoms with Crippen molar-refractivity contribution in [3.05, 3.63) is 12.7 Å². The molecule has 0 aromatic carbocycles. The maximum absolute atomic E-state index is 5.76. The molecule has 0 amide bonds. The van der Waals surface area contributed by atoms with Gasteiger partial charge in [0, 0.05) is 12.6 Å². The van der Waals surface area contributed by atoms with Gasteiger partial charge in [0.25, 0.3) is 0 Å². The van der Waals surface area contributed by atoms with Gasteiger partial charge in [0.1, 0.15) is 0 Å². The van der Waals surface area contributed by atoms with Crippen LogP contribution in [0.3, 0.4) is 0 Å². The summed E-state index contributed by atoms with van der Waals surface area (Å²) in [5.41, 5.74) is 0.